The third-order valence-electron chi connectivity index (χ3n) is 2.54. The maximum Gasteiger partial charge on any atom is 0.221 e. The van der Waals surface area contributed by atoms with Crippen LogP contribution < -0.4 is 10.1 Å². The van der Waals surface area contributed by atoms with Gasteiger partial charge in [0.25, 0.3) is 0 Å². The van der Waals surface area contributed by atoms with Gasteiger partial charge >= 0.3 is 0 Å². The van der Waals surface area contributed by atoms with Gasteiger partial charge in [0.15, 0.2) is 0 Å². The zero-order chi connectivity index (χ0) is 13.7. The number of benzene rings is 2. The molecule has 0 unspecified atom stereocenters. The van der Waals surface area contributed by atoms with Crippen molar-refractivity contribution in [1.29, 1.82) is 0 Å². The molecule has 1 N–H and O–H groups in total. The van der Waals surface area contributed by atoms with Crippen molar-refractivity contribution in [3.05, 3.63) is 59.9 Å². The van der Waals surface area contributed by atoms with Gasteiger partial charge in [-0.1, -0.05) is 30.3 Å². The van der Waals surface area contributed by atoms with Crippen molar-refractivity contribution in [3.8, 4) is 5.75 Å². The van der Waals surface area contributed by atoms with Crippen LogP contribution >= 0.6 is 0 Å². The molecule has 0 saturated heterocycles. The monoisotopic (exact) mass is 259 g/mol. The lowest BCUT2D eigenvalue weighted by atomic mass is 10.2. The van der Waals surface area contributed by atoms with Crippen LogP contribution in [0, 0.1) is 5.82 Å². The van der Waals surface area contributed by atoms with Gasteiger partial charge in [0.05, 0.1) is 5.69 Å². The second kappa shape index (κ2) is 6.00. The molecular weight excluding hydrogens is 245 g/mol. The van der Waals surface area contributed by atoms with E-state index in [2.05, 4.69) is 5.32 Å². The summed E-state index contributed by atoms with van der Waals surface area (Å²) in [5.41, 5.74) is 1.05. The van der Waals surface area contributed by atoms with Gasteiger partial charge in [-0.2, -0.15) is 0 Å². The highest BCUT2D eigenvalue weighted by molar-refractivity contribution is 5.90. The molecule has 0 atom stereocenters. The zero-order valence-corrected chi connectivity index (χ0v) is 10.5. The predicted octanol–water partition coefficient (Wildman–Crippen LogP) is 3.36. The van der Waals surface area contributed by atoms with Crippen LogP contribution in [-0.2, 0) is 11.4 Å². The van der Waals surface area contributed by atoms with E-state index in [0.29, 0.717) is 17.0 Å². The van der Waals surface area contributed by atoms with Crippen LogP contribution in [0.2, 0.25) is 0 Å². The fourth-order valence-corrected chi connectivity index (χ4v) is 1.66. The molecule has 0 spiro atoms. The largest absolute Gasteiger partial charge is 0.487 e. The Balaban J connectivity index is 2.11. The number of para-hydroxylation sites is 2. The van der Waals surface area contributed by atoms with Crippen molar-refractivity contribution < 1.29 is 13.9 Å². The Morgan fingerprint density at radius 1 is 1.16 bits per heavy atom. The number of halogens is 1. The van der Waals surface area contributed by atoms with Crippen molar-refractivity contribution in [2.45, 2.75) is 13.5 Å². The molecule has 0 aliphatic rings. The fourth-order valence-electron chi connectivity index (χ4n) is 1.66. The van der Waals surface area contributed by atoms with Gasteiger partial charge in [-0.05, 0) is 18.2 Å². The van der Waals surface area contributed by atoms with E-state index >= 15 is 0 Å². The average Bonchev–Trinajstić information content (AvgIpc) is 2.39. The first-order valence-corrected chi connectivity index (χ1v) is 5.89. The topological polar surface area (TPSA) is 38.3 Å². The molecule has 2 rings (SSSR count). The Morgan fingerprint density at radius 3 is 2.58 bits per heavy atom. The van der Waals surface area contributed by atoms with Crippen molar-refractivity contribution in [2.75, 3.05) is 5.32 Å². The van der Waals surface area contributed by atoms with Gasteiger partial charge in [0.1, 0.15) is 18.2 Å². The van der Waals surface area contributed by atoms with Gasteiger partial charge < -0.3 is 10.1 Å². The Morgan fingerprint density at radius 2 is 1.84 bits per heavy atom. The maximum atomic E-state index is 13.5. The summed E-state index contributed by atoms with van der Waals surface area (Å²) in [6.07, 6.45) is 0. The smallest absolute Gasteiger partial charge is 0.221 e. The molecule has 0 fully saturated rings. The molecule has 0 heterocycles. The quantitative estimate of drug-likeness (QED) is 0.914. The van der Waals surface area contributed by atoms with Crippen LogP contribution in [0.25, 0.3) is 0 Å². The molecule has 0 aromatic heterocycles. The first-order valence-electron chi connectivity index (χ1n) is 5.89. The minimum Gasteiger partial charge on any atom is -0.487 e. The number of carbonyl (C=O) groups excluding carboxylic acids is 1. The van der Waals surface area contributed by atoms with E-state index in [1.807, 2.05) is 0 Å². The first kappa shape index (κ1) is 13.1. The highest BCUT2D eigenvalue weighted by atomic mass is 19.1. The van der Waals surface area contributed by atoms with Crippen LogP contribution in [0.15, 0.2) is 48.5 Å². The summed E-state index contributed by atoms with van der Waals surface area (Å²) in [4.78, 5) is 11.1. The van der Waals surface area contributed by atoms with Crippen LogP contribution in [-0.4, -0.2) is 5.91 Å². The first-order chi connectivity index (χ1) is 9.16. The minimum atomic E-state index is -0.306. The Hall–Kier alpha value is -2.36. The summed E-state index contributed by atoms with van der Waals surface area (Å²) in [5.74, 6) is 0.0300. The summed E-state index contributed by atoms with van der Waals surface area (Å²) in [5, 5.41) is 2.67. The van der Waals surface area contributed by atoms with Crippen LogP contribution in [0.1, 0.15) is 12.5 Å². The van der Waals surface area contributed by atoms with Gasteiger partial charge in [0.2, 0.25) is 5.91 Å². The average molecular weight is 259 g/mol. The molecule has 1 amide bonds. The molecule has 98 valence electrons. The number of rotatable bonds is 4. The number of carbonyl (C=O) groups is 1. The number of hydrogen-bond acceptors (Lipinski definition) is 2. The molecule has 19 heavy (non-hydrogen) atoms. The maximum absolute atomic E-state index is 13.5. The highest BCUT2D eigenvalue weighted by Gasteiger charge is 2.06. The van der Waals surface area contributed by atoms with Crippen LogP contribution in [0.4, 0.5) is 10.1 Å². The van der Waals surface area contributed by atoms with Gasteiger partial charge in [-0.25, -0.2) is 4.39 Å². The van der Waals surface area contributed by atoms with Crippen molar-refractivity contribution in [2.24, 2.45) is 0 Å². The Kier molecular flexibility index (Phi) is 4.13. The predicted molar refractivity (Wildman–Crippen MR) is 71.5 cm³/mol. The Labute approximate surface area is 111 Å². The van der Waals surface area contributed by atoms with Crippen molar-refractivity contribution in [1.82, 2.24) is 0 Å². The Bertz CT molecular complexity index is 584. The van der Waals surface area contributed by atoms with E-state index in [9.17, 15) is 9.18 Å². The molecule has 0 bridgehead atoms. The van der Waals surface area contributed by atoms with E-state index in [4.69, 9.17) is 4.74 Å². The van der Waals surface area contributed by atoms with Crippen molar-refractivity contribution >= 4 is 11.6 Å². The van der Waals surface area contributed by atoms with E-state index in [-0.39, 0.29) is 18.3 Å². The number of hydrogen-bond donors (Lipinski definition) is 1. The summed E-state index contributed by atoms with van der Waals surface area (Å²) < 4.78 is 19.0. The van der Waals surface area contributed by atoms with Gasteiger partial charge in [0, 0.05) is 12.5 Å². The van der Waals surface area contributed by atoms with Gasteiger partial charge in [-0.3, -0.25) is 4.79 Å². The van der Waals surface area contributed by atoms with Gasteiger partial charge in [-0.15, -0.1) is 0 Å². The third kappa shape index (κ3) is 3.55. The zero-order valence-electron chi connectivity index (χ0n) is 10.5. The van der Waals surface area contributed by atoms with E-state index in [0.717, 1.165) is 0 Å². The molecular formula is C15H14FNO2. The summed E-state index contributed by atoms with van der Waals surface area (Å²) in [6, 6.07) is 13.5. The van der Waals surface area contributed by atoms with Crippen LogP contribution in [0.5, 0.6) is 5.75 Å². The second-order valence-corrected chi connectivity index (χ2v) is 4.06. The van der Waals surface area contributed by atoms with E-state index < -0.39 is 0 Å². The molecule has 0 aliphatic carbocycles. The minimum absolute atomic E-state index is 0.114. The summed E-state index contributed by atoms with van der Waals surface area (Å²) in [6.45, 7) is 1.54. The van der Waals surface area contributed by atoms with E-state index in [1.54, 1.807) is 42.5 Å². The lowest BCUT2D eigenvalue weighted by molar-refractivity contribution is -0.114. The van der Waals surface area contributed by atoms with E-state index in [1.165, 1.54) is 13.0 Å². The normalized spacial score (nSPS) is 10.0. The number of nitrogens with one attached hydrogen (secondary N) is 1. The molecule has 0 aliphatic heterocycles. The lowest BCUT2D eigenvalue weighted by Crippen LogP contribution is -2.08. The lowest BCUT2D eigenvalue weighted by Gasteiger charge is -2.11. The SMILES string of the molecule is CC(=O)Nc1ccccc1OCc1ccccc1F. The number of ether oxygens (including phenoxy) is 1. The molecule has 3 nitrogen and oxygen atoms in total. The number of anilines is 1. The molecule has 4 heteroatoms. The second-order valence-electron chi connectivity index (χ2n) is 4.06. The summed E-state index contributed by atoms with van der Waals surface area (Å²) in [7, 11) is 0. The fraction of sp³-hybridized carbons (Fsp3) is 0.133. The molecule has 0 radical (unpaired) electrons. The number of amides is 1. The van der Waals surface area contributed by atoms with Crippen LogP contribution in [0.3, 0.4) is 0 Å². The molecule has 2 aromatic carbocycles. The standard InChI is InChI=1S/C15H14FNO2/c1-11(18)17-14-8-4-5-9-15(14)19-10-12-6-2-3-7-13(12)16/h2-9H,10H2,1H3,(H,17,18). The summed E-state index contributed by atoms with van der Waals surface area (Å²) >= 11 is 0. The third-order valence-corrected chi connectivity index (χ3v) is 2.54. The van der Waals surface area contributed by atoms with Crippen molar-refractivity contribution in [3.63, 3.8) is 0 Å². The molecule has 2 aromatic rings. The molecule has 0 saturated carbocycles. The highest BCUT2D eigenvalue weighted by Crippen LogP contribution is 2.24.